The molecule has 0 spiro atoms. The molecule has 0 saturated heterocycles. The van der Waals surface area contributed by atoms with Crippen LogP contribution in [-0.2, 0) is 6.42 Å². The third kappa shape index (κ3) is 3.93. The molecule has 0 unspecified atom stereocenters. The van der Waals surface area contributed by atoms with Crippen molar-refractivity contribution in [3.8, 4) is 11.1 Å². The summed E-state index contributed by atoms with van der Waals surface area (Å²) in [4.78, 5) is 1.36. The van der Waals surface area contributed by atoms with Gasteiger partial charge in [0.15, 0.2) is 0 Å². The second kappa shape index (κ2) is 8.61. The van der Waals surface area contributed by atoms with E-state index in [0.717, 1.165) is 40.0 Å². The molecule has 2 heteroatoms. The number of rotatable bonds is 5. The molecule has 0 radical (unpaired) electrons. The normalized spacial score (nSPS) is 20.2. The van der Waals surface area contributed by atoms with Crippen LogP contribution in [0.4, 0.5) is 4.39 Å². The van der Waals surface area contributed by atoms with Crippen LogP contribution in [0.1, 0.15) is 62.3 Å². The number of fused-ring (bicyclic) bond motifs is 1. The van der Waals surface area contributed by atoms with Crippen molar-refractivity contribution in [1.29, 1.82) is 0 Å². The first-order valence-corrected chi connectivity index (χ1v) is 11.4. The number of halogens is 1. The minimum Gasteiger partial charge on any atom is -0.205 e. The molecule has 1 aliphatic rings. The van der Waals surface area contributed by atoms with E-state index in [9.17, 15) is 0 Å². The zero-order chi connectivity index (χ0) is 19.5. The lowest BCUT2D eigenvalue weighted by atomic mass is 9.81. The molecule has 2 aromatic carbocycles. The second-order valence-corrected chi connectivity index (χ2v) is 9.16. The number of hydrogen-bond acceptors (Lipinski definition) is 1. The number of allylic oxidation sites excluding steroid dienone is 2. The van der Waals surface area contributed by atoms with Gasteiger partial charge in [-0.05, 0) is 73.4 Å². The highest BCUT2D eigenvalue weighted by atomic mass is 32.1. The van der Waals surface area contributed by atoms with Crippen molar-refractivity contribution in [2.45, 2.75) is 58.3 Å². The van der Waals surface area contributed by atoms with Crippen LogP contribution < -0.4 is 0 Å². The Morgan fingerprint density at radius 1 is 1.04 bits per heavy atom. The molecule has 1 fully saturated rings. The highest BCUT2D eigenvalue weighted by Crippen LogP contribution is 2.42. The topological polar surface area (TPSA) is 0 Å². The second-order valence-electron chi connectivity index (χ2n) is 8.08. The standard InChI is InChI=1S/C26H29FS/c1-3-5-18-7-11-20(12-8-18)23-16-15-22-17-24(28-26(22)25(23)27)21-13-9-19(6-4-2)10-14-21/h4,6-8,11-12,15-17,19,21H,3,5,9-10,13-14H2,1-2H3/b6-4+. The molecule has 0 bridgehead atoms. The molecular weight excluding hydrogens is 363 g/mol. The summed E-state index contributed by atoms with van der Waals surface area (Å²) in [5.74, 6) is 1.27. The molecule has 4 rings (SSSR count). The van der Waals surface area contributed by atoms with Gasteiger partial charge in [-0.1, -0.05) is 61.9 Å². The van der Waals surface area contributed by atoms with Gasteiger partial charge in [-0.2, -0.15) is 0 Å². The SMILES string of the molecule is C/C=C/C1CCC(c2cc3ccc(-c4ccc(CCC)cc4)c(F)c3s2)CC1. The lowest BCUT2D eigenvalue weighted by Crippen LogP contribution is -2.10. The predicted molar refractivity (Wildman–Crippen MR) is 121 cm³/mol. The van der Waals surface area contributed by atoms with Crippen LogP contribution in [0, 0.1) is 11.7 Å². The Morgan fingerprint density at radius 2 is 1.79 bits per heavy atom. The average Bonchev–Trinajstić information content (AvgIpc) is 3.16. The summed E-state index contributed by atoms with van der Waals surface area (Å²) in [7, 11) is 0. The summed E-state index contributed by atoms with van der Waals surface area (Å²) in [5.41, 5.74) is 3.02. The fraction of sp³-hybridized carbons (Fsp3) is 0.385. The molecule has 0 nitrogen and oxygen atoms in total. The largest absolute Gasteiger partial charge is 0.205 e. The number of aryl methyl sites for hydroxylation is 1. The van der Waals surface area contributed by atoms with Gasteiger partial charge in [0.05, 0.1) is 4.70 Å². The molecule has 28 heavy (non-hydrogen) atoms. The third-order valence-electron chi connectivity index (χ3n) is 6.09. The van der Waals surface area contributed by atoms with Crippen LogP contribution in [0.3, 0.4) is 0 Å². The van der Waals surface area contributed by atoms with Gasteiger partial charge in [-0.25, -0.2) is 4.39 Å². The maximum Gasteiger partial charge on any atom is 0.148 e. The first-order chi connectivity index (χ1) is 13.7. The van der Waals surface area contributed by atoms with E-state index in [2.05, 4.69) is 62.4 Å². The van der Waals surface area contributed by atoms with E-state index in [1.54, 1.807) is 11.3 Å². The summed E-state index contributed by atoms with van der Waals surface area (Å²) >= 11 is 1.67. The highest BCUT2D eigenvalue weighted by molar-refractivity contribution is 7.19. The van der Waals surface area contributed by atoms with Gasteiger partial charge < -0.3 is 0 Å². The van der Waals surface area contributed by atoms with Gasteiger partial charge in [0.2, 0.25) is 0 Å². The molecule has 146 valence electrons. The van der Waals surface area contributed by atoms with E-state index in [-0.39, 0.29) is 5.82 Å². The summed E-state index contributed by atoms with van der Waals surface area (Å²) in [5, 5.41) is 1.06. The average molecular weight is 393 g/mol. The van der Waals surface area contributed by atoms with Crippen molar-refractivity contribution in [2.75, 3.05) is 0 Å². The van der Waals surface area contributed by atoms with Crippen molar-refractivity contribution >= 4 is 21.4 Å². The van der Waals surface area contributed by atoms with E-state index in [0.29, 0.717) is 5.92 Å². The van der Waals surface area contributed by atoms with E-state index in [1.165, 1.54) is 36.1 Å². The van der Waals surface area contributed by atoms with E-state index >= 15 is 4.39 Å². The van der Waals surface area contributed by atoms with Crippen molar-refractivity contribution < 1.29 is 4.39 Å². The van der Waals surface area contributed by atoms with Gasteiger partial charge >= 0.3 is 0 Å². The smallest absolute Gasteiger partial charge is 0.148 e. The minimum absolute atomic E-state index is 0.0559. The van der Waals surface area contributed by atoms with Gasteiger partial charge in [0, 0.05) is 10.4 Å². The molecule has 3 aromatic rings. The molecule has 1 heterocycles. The predicted octanol–water partition coefficient (Wildman–Crippen LogP) is 8.51. The molecule has 1 aliphatic carbocycles. The van der Waals surface area contributed by atoms with E-state index < -0.39 is 0 Å². The van der Waals surface area contributed by atoms with Crippen molar-refractivity contribution in [2.24, 2.45) is 5.92 Å². The number of hydrogen-bond donors (Lipinski definition) is 0. The van der Waals surface area contributed by atoms with Crippen LogP contribution in [0.2, 0.25) is 0 Å². The van der Waals surface area contributed by atoms with E-state index in [1.807, 2.05) is 6.07 Å². The molecule has 1 aromatic heterocycles. The Balaban J connectivity index is 1.59. The lowest BCUT2D eigenvalue weighted by Gasteiger charge is -2.25. The number of benzene rings is 2. The summed E-state index contributed by atoms with van der Waals surface area (Å²) in [6.07, 6.45) is 11.7. The highest BCUT2D eigenvalue weighted by Gasteiger charge is 2.23. The van der Waals surface area contributed by atoms with E-state index in [4.69, 9.17) is 0 Å². The minimum atomic E-state index is -0.0559. The van der Waals surface area contributed by atoms with Gasteiger partial charge in [-0.3, -0.25) is 0 Å². The summed E-state index contributed by atoms with van der Waals surface area (Å²) in [6.45, 7) is 4.29. The van der Waals surface area contributed by atoms with Crippen LogP contribution in [0.5, 0.6) is 0 Å². The van der Waals surface area contributed by atoms with Gasteiger partial charge in [0.1, 0.15) is 5.82 Å². The van der Waals surface area contributed by atoms with Crippen LogP contribution in [0.15, 0.2) is 54.6 Å². The number of thiophene rings is 1. The first-order valence-electron chi connectivity index (χ1n) is 10.6. The molecule has 1 saturated carbocycles. The summed E-state index contributed by atoms with van der Waals surface area (Å²) in [6, 6.07) is 14.7. The van der Waals surface area contributed by atoms with Crippen LogP contribution in [-0.4, -0.2) is 0 Å². The zero-order valence-electron chi connectivity index (χ0n) is 16.9. The molecule has 0 aliphatic heterocycles. The fourth-order valence-corrected chi connectivity index (χ4v) is 5.79. The molecule has 0 N–H and O–H groups in total. The van der Waals surface area contributed by atoms with Gasteiger partial charge in [-0.15, -0.1) is 11.3 Å². The lowest BCUT2D eigenvalue weighted by molar-refractivity contribution is 0.379. The Bertz CT molecular complexity index is 956. The Kier molecular flexibility index (Phi) is 5.96. The first kappa shape index (κ1) is 19.4. The van der Waals surface area contributed by atoms with Gasteiger partial charge in [0.25, 0.3) is 0 Å². The summed E-state index contributed by atoms with van der Waals surface area (Å²) < 4.78 is 16.2. The molecular formula is C26H29FS. The molecule has 0 atom stereocenters. The third-order valence-corrected chi connectivity index (χ3v) is 7.39. The zero-order valence-corrected chi connectivity index (χ0v) is 17.7. The maximum absolute atomic E-state index is 15.3. The van der Waals surface area contributed by atoms with Crippen molar-refractivity contribution in [3.05, 3.63) is 70.9 Å². The Morgan fingerprint density at radius 3 is 2.46 bits per heavy atom. The van der Waals surface area contributed by atoms with Crippen LogP contribution in [0.25, 0.3) is 21.2 Å². The monoisotopic (exact) mass is 392 g/mol. The fourth-order valence-electron chi connectivity index (χ4n) is 4.52. The van der Waals surface area contributed by atoms with Crippen molar-refractivity contribution in [3.63, 3.8) is 0 Å². The Hall–Kier alpha value is -1.93. The molecule has 0 amide bonds. The maximum atomic E-state index is 15.3. The quantitative estimate of drug-likeness (QED) is 0.382. The Labute approximate surface area is 172 Å². The van der Waals surface area contributed by atoms with Crippen molar-refractivity contribution in [1.82, 2.24) is 0 Å². The van der Waals surface area contributed by atoms with Crippen LogP contribution >= 0.6 is 11.3 Å².